The Bertz CT molecular complexity index is 772. The van der Waals surface area contributed by atoms with E-state index in [9.17, 15) is 14.4 Å². The van der Waals surface area contributed by atoms with Crippen LogP contribution in [0.25, 0.3) is 0 Å². The molecule has 2 aromatic rings. The van der Waals surface area contributed by atoms with Crippen LogP contribution in [0.1, 0.15) is 52.9 Å². The predicted octanol–water partition coefficient (Wildman–Crippen LogP) is 2.61. The Morgan fingerprint density at radius 1 is 1.07 bits per heavy atom. The molecular formula is C20H24N2O4S. The van der Waals surface area contributed by atoms with Gasteiger partial charge in [-0.3, -0.25) is 9.59 Å². The fourth-order valence-corrected chi connectivity index (χ4v) is 3.18. The number of thiophene rings is 1. The first-order valence-corrected chi connectivity index (χ1v) is 9.71. The quantitative estimate of drug-likeness (QED) is 0.295. The van der Waals surface area contributed by atoms with Gasteiger partial charge in [0.05, 0.1) is 10.8 Å². The van der Waals surface area contributed by atoms with Crippen LogP contribution < -0.4 is 11.5 Å². The maximum atomic E-state index is 12.3. The van der Waals surface area contributed by atoms with E-state index in [1.165, 1.54) is 11.3 Å². The molecule has 0 fully saturated rings. The van der Waals surface area contributed by atoms with E-state index in [1.54, 1.807) is 37.3 Å². The highest BCUT2D eigenvalue weighted by Crippen LogP contribution is 2.20. The Morgan fingerprint density at radius 2 is 1.78 bits per heavy atom. The van der Waals surface area contributed by atoms with Crippen LogP contribution in [0.5, 0.6) is 0 Å². The average Bonchev–Trinajstić information content (AvgIpc) is 3.21. The van der Waals surface area contributed by atoms with Crippen molar-refractivity contribution in [3.8, 4) is 0 Å². The number of carbonyl (C=O) groups excluding carboxylic acids is 3. The molecule has 1 aromatic heterocycles. The van der Waals surface area contributed by atoms with E-state index in [1.807, 2.05) is 11.4 Å². The number of carbonyl (C=O) groups is 3. The van der Waals surface area contributed by atoms with E-state index in [0.29, 0.717) is 35.4 Å². The van der Waals surface area contributed by atoms with Gasteiger partial charge in [-0.2, -0.15) is 0 Å². The summed E-state index contributed by atoms with van der Waals surface area (Å²) in [5, 5.41) is 1.84. The van der Waals surface area contributed by atoms with Crippen LogP contribution in [0.2, 0.25) is 0 Å². The van der Waals surface area contributed by atoms with Crippen LogP contribution >= 0.6 is 11.3 Å². The summed E-state index contributed by atoms with van der Waals surface area (Å²) in [5.41, 5.74) is 12.3. The van der Waals surface area contributed by atoms with Gasteiger partial charge >= 0.3 is 11.9 Å². The van der Waals surface area contributed by atoms with Crippen LogP contribution in [0, 0.1) is 0 Å². The highest BCUT2D eigenvalue weighted by Gasteiger charge is 2.24. The second-order valence-corrected chi connectivity index (χ2v) is 7.23. The van der Waals surface area contributed by atoms with E-state index < -0.39 is 23.9 Å². The van der Waals surface area contributed by atoms with Gasteiger partial charge in [-0.05, 0) is 43.3 Å². The van der Waals surface area contributed by atoms with Crippen molar-refractivity contribution in [3.63, 3.8) is 0 Å². The van der Waals surface area contributed by atoms with Crippen LogP contribution in [0.4, 0.5) is 0 Å². The molecule has 0 aliphatic rings. The lowest BCUT2D eigenvalue weighted by molar-refractivity contribution is -0.161. The number of ether oxygens (including phenoxy) is 1. The lowest BCUT2D eigenvalue weighted by Gasteiger charge is -2.14. The molecule has 0 saturated heterocycles. The van der Waals surface area contributed by atoms with Crippen molar-refractivity contribution in [1.82, 2.24) is 0 Å². The minimum Gasteiger partial charge on any atom is -0.392 e. The molecule has 1 heterocycles. The van der Waals surface area contributed by atoms with Crippen LogP contribution in [-0.2, 0) is 14.3 Å². The Hall–Kier alpha value is -2.35. The van der Waals surface area contributed by atoms with Gasteiger partial charge < -0.3 is 16.2 Å². The van der Waals surface area contributed by atoms with E-state index in [4.69, 9.17) is 16.2 Å². The second kappa shape index (κ2) is 10.1. The normalized spacial score (nSPS) is 13.0. The van der Waals surface area contributed by atoms with Crippen molar-refractivity contribution in [2.45, 2.75) is 38.1 Å². The van der Waals surface area contributed by atoms with Crippen LogP contribution in [0.3, 0.4) is 0 Å². The van der Waals surface area contributed by atoms with E-state index in [2.05, 4.69) is 0 Å². The maximum absolute atomic E-state index is 12.3. The lowest BCUT2D eigenvalue weighted by atomic mass is 9.98. The standard InChI is InChI=1S/C20H24N2O4S/c1-13(19(24)26-20(25)16(22)5-2-3-11-21)14-7-9-15(10-8-14)18(23)17-6-4-12-27-17/h4,6-10,12-13,16H,2-3,5,11,21-22H2,1H3/t13?,16-/m0/s1. The van der Waals surface area contributed by atoms with Gasteiger partial charge in [-0.25, -0.2) is 4.79 Å². The van der Waals surface area contributed by atoms with Gasteiger partial charge in [0, 0.05) is 5.56 Å². The largest absolute Gasteiger partial charge is 0.392 e. The molecule has 6 nitrogen and oxygen atoms in total. The summed E-state index contributed by atoms with van der Waals surface area (Å²) in [4.78, 5) is 37.1. The number of unbranched alkanes of at least 4 members (excludes halogenated alkanes) is 1. The van der Waals surface area contributed by atoms with Crippen molar-refractivity contribution in [2.75, 3.05) is 6.54 Å². The molecule has 2 atom stereocenters. The summed E-state index contributed by atoms with van der Waals surface area (Å²) in [6.07, 6.45) is 1.90. The highest BCUT2D eigenvalue weighted by atomic mass is 32.1. The molecule has 0 amide bonds. The molecule has 1 unspecified atom stereocenters. The zero-order valence-electron chi connectivity index (χ0n) is 15.2. The molecule has 27 heavy (non-hydrogen) atoms. The molecular weight excluding hydrogens is 364 g/mol. The number of hydrogen-bond donors (Lipinski definition) is 2. The van der Waals surface area contributed by atoms with Crippen molar-refractivity contribution in [3.05, 3.63) is 57.8 Å². The summed E-state index contributed by atoms with van der Waals surface area (Å²) < 4.78 is 4.90. The number of benzene rings is 1. The Labute approximate surface area is 162 Å². The lowest BCUT2D eigenvalue weighted by Crippen LogP contribution is -2.34. The van der Waals surface area contributed by atoms with Gasteiger partial charge in [0.1, 0.15) is 6.04 Å². The predicted molar refractivity (Wildman–Crippen MR) is 105 cm³/mol. The Kier molecular flexibility index (Phi) is 7.84. The van der Waals surface area contributed by atoms with Gasteiger partial charge in [0.25, 0.3) is 0 Å². The molecule has 4 N–H and O–H groups in total. The first-order chi connectivity index (χ1) is 12.9. The van der Waals surface area contributed by atoms with Crippen molar-refractivity contribution >= 4 is 29.1 Å². The molecule has 0 saturated carbocycles. The molecule has 0 aliphatic heterocycles. The third-order valence-corrected chi connectivity index (χ3v) is 5.11. The minimum atomic E-state index is -0.835. The molecule has 7 heteroatoms. The molecule has 144 valence electrons. The van der Waals surface area contributed by atoms with E-state index in [-0.39, 0.29) is 5.78 Å². The van der Waals surface area contributed by atoms with E-state index in [0.717, 1.165) is 6.42 Å². The Balaban J connectivity index is 1.94. The zero-order chi connectivity index (χ0) is 19.8. The van der Waals surface area contributed by atoms with Crippen LogP contribution in [0.15, 0.2) is 41.8 Å². The SMILES string of the molecule is CC(C(=O)OC(=O)[C@@H](N)CCCCN)c1ccc(C(=O)c2cccs2)cc1. The third-order valence-electron chi connectivity index (χ3n) is 4.24. The number of rotatable bonds is 9. The second-order valence-electron chi connectivity index (χ2n) is 6.28. The first kappa shape index (κ1) is 21.0. The maximum Gasteiger partial charge on any atom is 0.330 e. The topological polar surface area (TPSA) is 112 Å². The summed E-state index contributed by atoms with van der Waals surface area (Å²) >= 11 is 1.38. The zero-order valence-corrected chi connectivity index (χ0v) is 16.0. The van der Waals surface area contributed by atoms with Gasteiger partial charge in [-0.1, -0.05) is 36.8 Å². The smallest absolute Gasteiger partial charge is 0.330 e. The monoisotopic (exact) mass is 388 g/mol. The molecule has 0 aliphatic carbocycles. The molecule has 0 bridgehead atoms. The fourth-order valence-electron chi connectivity index (χ4n) is 2.50. The number of nitrogens with two attached hydrogens (primary N) is 2. The molecule has 1 aromatic carbocycles. The Morgan fingerprint density at radius 3 is 2.37 bits per heavy atom. The molecule has 0 radical (unpaired) electrons. The summed E-state index contributed by atoms with van der Waals surface area (Å²) in [5.74, 6) is -2.10. The van der Waals surface area contributed by atoms with Crippen molar-refractivity contribution in [1.29, 1.82) is 0 Å². The van der Waals surface area contributed by atoms with Crippen molar-refractivity contribution in [2.24, 2.45) is 11.5 Å². The fraction of sp³-hybridized carbons (Fsp3) is 0.350. The minimum absolute atomic E-state index is 0.0644. The first-order valence-electron chi connectivity index (χ1n) is 8.83. The third kappa shape index (κ3) is 5.82. The average molecular weight is 388 g/mol. The number of esters is 2. The number of hydrogen-bond acceptors (Lipinski definition) is 7. The highest BCUT2D eigenvalue weighted by molar-refractivity contribution is 7.12. The molecule has 2 rings (SSSR count). The van der Waals surface area contributed by atoms with E-state index >= 15 is 0 Å². The summed E-state index contributed by atoms with van der Waals surface area (Å²) in [7, 11) is 0. The summed E-state index contributed by atoms with van der Waals surface area (Å²) in [6, 6.07) is 9.48. The summed E-state index contributed by atoms with van der Waals surface area (Å²) in [6.45, 7) is 2.17. The molecule has 0 spiro atoms. The van der Waals surface area contributed by atoms with Gasteiger partial charge in [0.2, 0.25) is 5.78 Å². The van der Waals surface area contributed by atoms with Gasteiger partial charge in [0.15, 0.2) is 0 Å². The van der Waals surface area contributed by atoms with Gasteiger partial charge in [-0.15, -0.1) is 11.3 Å². The van der Waals surface area contributed by atoms with Crippen molar-refractivity contribution < 1.29 is 19.1 Å². The number of ketones is 1. The van der Waals surface area contributed by atoms with Crippen LogP contribution in [-0.4, -0.2) is 30.3 Å².